The van der Waals surface area contributed by atoms with E-state index in [0.29, 0.717) is 15.2 Å². The Morgan fingerprint density at radius 2 is 2.27 bits per heavy atom. The van der Waals surface area contributed by atoms with E-state index in [4.69, 9.17) is 16.3 Å². The van der Waals surface area contributed by atoms with Crippen LogP contribution in [0.5, 0.6) is 0 Å². The second-order valence-electron chi connectivity index (χ2n) is 3.36. The van der Waals surface area contributed by atoms with E-state index in [-0.39, 0.29) is 5.97 Å². The smallest absolute Gasteiger partial charge is 0.339 e. The molecule has 2 rings (SSSR count). The molecule has 0 saturated carbocycles. The Labute approximate surface area is 101 Å². The molecular weight excluding hydrogens is 281 g/mol. The van der Waals surface area contributed by atoms with Crippen molar-refractivity contribution in [3.63, 3.8) is 0 Å². The molecule has 0 unspecified atom stereocenters. The summed E-state index contributed by atoms with van der Waals surface area (Å²) < 4.78 is 5.28. The molecular formula is C10H9BrClNO2. The molecule has 0 aromatic carbocycles. The molecule has 15 heavy (non-hydrogen) atoms. The van der Waals surface area contributed by atoms with Crippen molar-refractivity contribution in [1.82, 2.24) is 4.98 Å². The van der Waals surface area contributed by atoms with Gasteiger partial charge in [-0.15, -0.1) is 0 Å². The number of aromatic nitrogens is 1. The Morgan fingerprint density at radius 3 is 2.93 bits per heavy atom. The van der Waals surface area contributed by atoms with Crippen LogP contribution < -0.4 is 0 Å². The minimum Gasteiger partial charge on any atom is -0.465 e. The van der Waals surface area contributed by atoms with E-state index in [0.717, 1.165) is 30.5 Å². The number of carbonyl (C=O) groups excluding carboxylic acids is 1. The third kappa shape index (κ3) is 1.76. The zero-order valence-corrected chi connectivity index (χ0v) is 10.5. The van der Waals surface area contributed by atoms with Gasteiger partial charge in [0.05, 0.1) is 17.1 Å². The number of hydrogen-bond acceptors (Lipinski definition) is 3. The van der Waals surface area contributed by atoms with Gasteiger partial charge in [0, 0.05) is 5.69 Å². The first-order chi connectivity index (χ1) is 7.15. The predicted octanol–water partition coefficient (Wildman–Crippen LogP) is 2.77. The van der Waals surface area contributed by atoms with Crippen LogP contribution in [0.15, 0.2) is 4.47 Å². The lowest BCUT2D eigenvalue weighted by atomic mass is 10.1. The quantitative estimate of drug-likeness (QED) is 0.590. The van der Waals surface area contributed by atoms with Gasteiger partial charge in [0.25, 0.3) is 0 Å². The molecule has 80 valence electrons. The Kier molecular flexibility index (Phi) is 2.98. The molecule has 0 fully saturated rings. The topological polar surface area (TPSA) is 39.2 Å². The van der Waals surface area contributed by atoms with Gasteiger partial charge in [0.1, 0.15) is 5.15 Å². The number of aryl methyl sites for hydroxylation is 1. The normalized spacial score (nSPS) is 13.8. The number of pyridine rings is 1. The number of rotatable bonds is 1. The van der Waals surface area contributed by atoms with Gasteiger partial charge < -0.3 is 4.74 Å². The Balaban J connectivity index is 2.65. The first-order valence-electron chi connectivity index (χ1n) is 4.60. The minimum absolute atomic E-state index is 0.330. The molecule has 0 bridgehead atoms. The first kappa shape index (κ1) is 10.9. The summed E-state index contributed by atoms with van der Waals surface area (Å²) in [5, 5.41) is 0.330. The van der Waals surface area contributed by atoms with E-state index in [1.165, 1.54) is 7.11 Å². The largest absolute Gasteiger partial charge is 0.465 e. The maximum Gasteiger partial charge on any atom is 0.339 e. The van der Waals surface area contributed by atoms with Crippen molar-refractivity contribution in [2.24, 2.45) is 0 Å². The summed E-state index contributed by atoms with van der Waals surface area (Å²) in [5.41, 5.74) is 2.42. The fourth-order valence-corrected chi connectivity index (χ4v) is 2.52. The van der Waals surface area contributed by atoms with Crippen molar-refractivity contribution in [3.8, 4) is 0 Å². The lowest BCUT2D eigenvalue weighted by Gasteiger charge is -2.09. The third-order valence-corrected chi connectivity index (χ3v) is 3.79. The van der Waals surface area contributed by atoms with Gasteiger partial charge in [-0.05, 0) is 40.8 Å². The van der Waals surface area contributed by atoms with Crippen LogP contribution in [0.4, 0.5) is 0 Å². The summed E-state index contributed by atoms with van der Waals surface area (Å²) in [6.07, 6.45) is 2.76. The zero-order valence-electron chi connectivity index (χ0n) is 8.14. The van der Waals surface area contributed by atoms with Crippen molar-refractivity contribution < 1.29 is 9.53 Å². The number of carbonyl (C=O) groups is 1. The molecule has 0 aliphatic heterocycles. The highest BCUT2D eigenvalue weighted by atomic mass is 79.9. The summed E-state index contributed by atoms with van der Waals surface area (Å²) in [7, 11) is 1.37. The van der Waals surface area contributed by atoms with Crippen molar-refractivity contribution in [2.75, 3.05) is 7.11 Å². The molecule has 0 spiro atoms. The van der Waals surface area contributed by atoms with Crippen LogP contribution in [-0.4, -0.2) is 18.1 Å². The van der Waals surface area contributed by atoms with E-state index < -0.39 is 0 Å². The summed E-state index contributed by atoms with van der Waals surface area (Å²) in [6, 6.07) is 0. The number of methoxy groups -OCH3 is 1. The van der Waals surface area contributed by atoms with Crippen LogP contribution in [0.2, 0.25) is 5.15 Å². The molecule has 1 aromatic heterocycles. The molecule has 0 saturated heterocycles. The lowest BCUT2D eigenvalue weighted by Crippen LogP contribution is -2.08. The Morgan fingerprint density at radius 1 is 1.53 bits per heavy atom. The van der Waals surface area contributed by atoms with Crippen molar-refractivity contribution in [1.29, 1.82) is 0 Å². The van der Waals surface area contributed by atoms with E-state index in [1.54, 1.807) is 0 Å². The summed E-state index contributed by atoms with van der Waals surface area (Å²) >= 11 is 9.21. The van der Waals surface area contributed by atoms with Gasteiger partial charge in [0.2, 0.25) is 0 Å². The lowest BCUT2D eigenvalue weighted by molar-refractivity contribution is 0.0598. The number of fused-ring (bicyclic) bond motifs is 1. The first-order valence-corrected chi connectivity index (χ1v) is 5.77. The standard InChI is InChI=1S/C10H9BrClNO2/c1-15-10(14)7-5-3-2-4-6(5)13-9(12)8(7)11/h2-4H2,1H3. The average Bonchev–Trinajstić information content (AvgIpc) is 2.66. The fraction of sp³-hybridized carbons (Fsp3) is 0.400. The highest BCUT2D eigenvalue weighted by Crippen LogP contribution is 2.34. The average molecular weight is 291 g/mol. The van der Waals surface area contributed by atoms with Crippen molar-refractivity contribution >= 4 is 33.5 Å². The Bertz CT molecular complexity index is 434. The van der Waals surface area contributed by atoms with Crippen LogP contribution in [0.1, 0.15) is 28.0 Å². The molecule has 1 heterocycles. The van der Waals surface area contributed by atoms with Gasteiger partial charge >= 0.3 is 5.97 Å². The number of ether oxygens (including phenoxy) is 1. The van der Waals surface area contributed by atoms with E-state index in [9.17, 15) is 4.79 Å². The highest BCUT2D eigenvalue weighted by molar-refractivity contribution is 9.10. The van der Waals surface area contributed by atoms with E-state index in [2.05, 4.69) is 20.9 Å². The molecule has 1 aliphatic carbocycles. The number of hydrogen-bond donors (Lipinski definition) is 0. The van der Waals surface area contributed by atoms with E-state index >= 15 is 0 Å². The molecule has 3 nitrogen and oxygen atoms in total. The highest BCUT2D eigenvalue weighted by Gasteiger charge is 2.25. The van der Waals surface area contributed by atoms with Crippen LogP contribution in [0, 0.1) is 0 Å². The molecule has 0 N–H and O–H groups in total. The van der Waals surface area contributed by atoms with Crippen molar-refractivity contribution in [3.05, 3.63) is 26.4 Å². The summed E-state index contributed by atoms with van der Waals surface area (Å²) in [5.74, 6) is -0.357. The van der Waals surface area contributed by atoms with Crippen molar-refractivity contribution in [2.45, 2.75) is 19.3 Å². The third-order valence-electron chi connectivity index (χ3n) is 2.51. The zero-order chi connectivity index (χ0) is 11.0. The Hall–Kier alpha value is -0.610. The molecule has 1 aliphatic rings. The van der Waals surface area contributed by atoms with Crippen LogP contribution in [-0.2, 0) is 17.6 Å². The second-order valence-corrected chi connectivity index (χ2v) is 4.51. The molecule has 5 heteroatoms. The SMILES string of the molecule is COC(=O)c1c(Br)c(Cl)nc2c1CCC2. The number of esters is 1. The minimum atomic E-state index is -0.357. The summed E-state index contributed by atoms with van der Waals surface area (Å²) in [4.78, 5) is 15.8. The van der Waals surface area contributed by atoms with Gasteiger partial charge in [-0.1, -0.05) is 11.6 Å². The van der Waals surface area contributed by atoms with E-state index in [1.807, 2.05) is 0 Å². The predicted molar refractivity (Wildman–Crippen MR) is 60.3 cm³/mol. The van der Waals surface area contributed by atoms with Gasteiger partial charge in [0.15, 0.2) is 0 Å². The van der Waals surface area contributed by atoms with Gasteiger partial charge in [-0.3, -0.25) is 0 Å². The van der Waals surface area contributed by atoms with Gasteiger partial charge in [-0.25, -0.2) is 9.78 Å². The maximum atomic E-state index is 11.6. The molecule has 0 amide bonds. The van der Waals surface area contributed by atoms with Crippen LogP contribution in [0.3, 0.4) is 0 Å². The number of halogens is 2. The van der Waals surface area contributed by atoms with Crippen LogP contribution in [0.25, 0.3) is 0 Å². The molecule has 1 aromatic rings. The number of nitrogens with zero attached hydrogens (tertiary/aromatic N) is 1. The molecule has 0 atom stereocenters. The monoisotopic (exact) mass is 289 g/mol. The summed E-state index contributed by atoms with van der Waals surface area (Å²) in [6.45, 7) is 0. The second kappa shape index (κ2) is 4.10. The van der Waals surface area contributed by atoms with Crippen LogP contribution >= 0.6 is 27.5 Å². The van der Waals surface area contributed by atoms with Gasteiger partial charge in [-0.2, -0.15) is 0 Å². The maximum absolute atomic E-state index is 11.6. The fourth-order valence-electron chi connectivity index (χ4n) is 1.84. The molecule has 0 radical (unpaired) electrons.